The van der Waals surface area contributed by atoms with Crippen molar-refractivity contribution in [3.05, 3.63) is 68.7 Å². The molecule has 1 heterocycles. The van der Waals surface area contributed by atoms with Gasteiger partial charge in [-0.05, 0) is 49.7 Å². The summed E-state index contributed by atoms with van der Waals surface area (Å²) in [6.45, 7) is 2.43. The fourth-order valence-corrected chi connectivity index (χ4v) is 3.85. The van der Waals surface area contributed by atoms with E-state index in [9.17, 15) is 14.9 Å². The zero-order chi connectivity index (χ0) is 21.0. The number of halogens is 1. The maximum atomic E-state index is 12.7. The highest BCUT2D eigenvalue weighted by atomic mass is 35.5. The van der Waals surface area contributed by atoms with E-state index in [1.165, 1.54) is 18.2 Å². The highest BCUT2D eigenvalue weighted by Gasteiger charge is 2.25. The Bertz CT molecular complexity index is 880. The molecule has 7 nitrogen and oxygen atoms in total. The Hall–Kier alpha value is -2.64. The van der Waals surface area contributed by atoms with Crippen LogP contribution in [0.3, 0.4) is 0 Å². The minimum absolute atomic E-state index is 0.0643. The van der Waals surface area contributed by atoms with Gasteiger partial charge in [-0.2, -0.15) is 0 Å². The average molecular weight is 417 g/mol. The number of nitro groups is 1. The lowest BCUT2D eigenvalue weighted by Gasteiger charge is -2.28. The molecule has 1 fully saturated rings. The number of rotatable bonds is 7. The molecule has 0 unspecified atom stereocenters. The van der Waals surface area contributed by atoms with Crippen LogP contribution >= 0.6 is 11.6 Å². The van der Waals surface area contributed by atoms with Gasteiger partial charge in [-0.3, -0.25) is 19.8 Å². The van der Waals surface area contributed by atoms with E-state index in [0.717, 1.165) is 37.2 Å². The number of nitro benzene ring substituents is 1. The SMILES string of the molecule is CN(C)c1ccc([C@H](CNC(=O)c2ccc([N+](=O)[O-])cc2Cl)N2CCCC2)cc1. The van der Waals surface area contributed by atoms with E-state index in [0.29, 0.717) is 6.54 Å². The van der Waals surface area contributed by atoms with Crippen LogP contribution in [0.4, 0.5) is 11.4 Å². The summed E-state index contributed by atoms with van der Waals surface area (Å²) in [5, 5.41) is 13.9. The Labute approximate surface area is 175 Å². The molecule has 3 rings (SSSR count). The second-order valence-electron chi connectivity index (χ2n) is 7.38. The maximum absolute atomic E-state index is 12.7. The number of carbonyl (C=O) groups excluding carboxylic acids is 1. The van der Waals surface area contributed by atoms with Crippen LogP contribution in [0.5, 0.6) is 0 Å². The number of amides is 1. The lowest BCUT2D eigenvalue weighted by molar-refractivity contribution is -0.384. The number of carbonyl (C=O) groups is 1. The molecule has 1 saturated heterocycles. The third kappa shape index (κ3) is 5.05. The first-order valence-corrected chi connectivity index (χ1v) is 9.98. The third-order valence-electron chi connectivity index (χ3n) is 5.24. The largest absolute Gasteiger partial charge is 0.378 e. The zero-order valence-electron chi connectivity index (χ0n) is 16.6. The summed E-state index contributed by atoms with van der Waals surface area (Å²) in [5.74, 6) is -0.334. The number of nitrogens with one attached hydrogen (secondary N) is 1. The first kappa shape index (κ1) is 21.1. The van der Waals surface area contributed by atoms with Crippen molar-refractivity contribution >= 4 is 28.9 Å². The predicted molar refractivity (Wildman–Crippen MR) is 115 cm³/mol. The van der Waals surface area contributed by atoms with Crippen LogP contribution in [0.15, 0.2) is 42.5 Å². The monoisotopic (exact) mass is 416 g/mol. The van der Waals surface area contributed by atoms with E-state index in [-0.39, 0.29) is 28.2 Å². The van der Waals surface area contributed by atoms with Crippen LogP contribution in [-0.4, -0.2) is 49.5 Å². The Morgan fingerprint density at radius 1 is 1.21 bits per heavy atom. The van der Waals surface area contributed by atoms with E-state index in [4.69, 9.17) is 11.6 Å². The van der Waals surface area contributed by atoms with Crippen molar-refractivity contribution in [2.45, 2.75) is 18.9 Å². The van der Waals surface area contributed by atoms with Gasteiger partial charge < -0.3 is 10.2 Å². The molecular formula is C21H25ClN4O3. The van der Waals surface area contributed by atoms with Gasteiger partial charge in [0.15, 0.2) is 0 Å². The summed E-state index contributed by atoms with van der Waals surface area (Å²) >= 11 is 6.09. The highest BCUT2D eigenvalue weighted by Crippen LogP contribution is 2.27. The number of benzene rings is 2. The molecular weight excluding hydrogens is 392 g/mol. The van der Waals surface area contributed by atoms with E-state index >= 15 is 0 Å². The number of likely N-dealkylation sites (tertiary alicyclic amines) is 1. The average Bonchev–Trinajstić information content (AvgIpc) is 3.22. The maximum Gasteiger partial charge on any atom is 0.270 e. The molecule has 0 spiro atoms. The van der Waals surface area contributed by atoms with Crippen LogP contribution in [-0.2, 0) is 0 Å². The molecule has 1 atom stereocenters. The van der Waals surface area contributed by atoms with Gasteiger partial charge in [0.1, 0.15) is 0 Å². The molecule has 0 aromatic heterocycles. The van der Waals surface area contributed by atoms with Gasteiger partial charge in [-0.15, -0.1) is 0 Å². The smallest absolute Gasteiger partial charge is 0.270 e. The van der Waals surface area contributed by atoms with Crippen LogP contribution in [0.25, 0.3) is 0 Å². The third-order valence-corrected chi connectivity index (χ3v) is 5.55. The molecule has 1 aliphatic rings. The molecule has 0 radical (unpaired) electrons. The summed E-state index contributed by atoms with van der Waals surface area (Å²) < 4.78 is 0. The standard InChI is InChI=1S/C21H25ClN4O3/c1-24(2)16-7-5-15(6-8-16)20(25-11-3-4-12-25)14-23-21(27)18-10-9-17(26(28)29)13-19(18)22/h5-10,13,20H,3-4,11-12,14H2,1-2H3,(H,23,27)/t20-/m0/s1. The lowest BCUT2D eigenvalue weighted by atomic mass is 10.0. The second-order valence-corrected chi connectivity index (χ2v) is 7.78. The number of anilines is 1. The first-order valence-electron chi connectivity index (χ1n) is 9.60. The minimum atomic E-state index is -0.533. The van der Waals surface area contributed by atoms with Gasteiger partial charge in [-0.1, -0.05) is 23.7 Å². The predicted octanol–water partition coefficient (Wildman–Crippen LogP) is 3.88. The molecule has 0 bridgehead atoms. The van der Waals surface area contributed by atoms with Crippen molar-refractivity contribution < 1.29 is 9.72 Å². The van der Waals surface area contributed by atoms with Crippen molar-refractivity contribution in [3.63, 3.8) is 0 Å². The molecule has 8 heteroatoms. The molecule has 2 aromatic carbocycles. The lowest BCUT2D eigenvalue weighted by Crippen LogP contribution is -2.36. The topological polar surface area (TPSA) is 78.7 Å². The molecule has 0 aliphatic carbocycles. The van der Waals surface area contributed by atoms with Gasteiger partial charge in [0.05, 0.1) is 21.6 Å². The van der Waals surface area contributed by atoms with E-state index < -0.39 is 4.92 Å². The first-order chi connectivity index (χ1) is 13.9. The van der Waals surface area contributed by atoms with Crippen molar-refractivity contribution in [1.82, 2.24) is 10.2 Å². The van der Waals surface area contributed by atoms with E-state index in [1.807, 2.05) is 19.0 Å². The Morgan fingerprint density at radius 3 is 2.41 bits per heavy atom. The summed E-state index contributed by atoms with van der Waals surface area (Å²) in [5.41, 5.74) is 2.37. The van der Waals surface area contributed by atoms with Gasteiger partial charge in [0, 0.05) is 38.5 Å². The molecule has 29 heavy (non-hydrogen) atoms. The number of non-ortho nitro benzene ring substituents is 1. The fourth-order valence-electron chi connectivity index (χ4n) is 3.59. The molecule has 0 saturated carbocycles. The summed E-state index contributed by atoms with van der Waals surface area (Å²) in [6, 6.07) is 12.3. The van der Waals surface area contributed by atoms with Crippen LogP contribution in [0, 0.1) is 10.1 Å². The van der Waals surface area contributed by atoms with Crippen LogP contribution in [0.1, 0.15) is 34.8 Å². The van der Waals surface area contributed by atoms with Crippen molar-refractivity contribution in [2.24, 2.45) is 0 Å². The molecule has 1 N–H and O–H groups in total. The van der Waals surface area contributed by atoms with Gasteiger partial charge in [0.25, 0.3) is 11.6 Å². The number of nitrogens with zero attached hydrogens (tertiary/aromatic N) is 3. The molecule has 1 aliphatic heterocycles. The van der Waals surface area contributed by atoms with Crippen molar-refractivity contribution in [2.75, 3.05) is 38.6 Å². The minimum Gasteiger partial charge on any atom is -0.378 e. The molecule has 2 aromatic rings. The van der Waals surface area contributed by atoms with Crippen molar-refractivity contribution in [1.29, 1.82) is 0 Å². The van der Waals surface area contributed by atoms with Crippen LogP contribution < -0.4 is 10.2 Å². The Balaban J connectivity index is 1.74. The Morgan fingerprint density at radius 2 is 1.86 bits per heavy atom. The fraction of sp³-hybridized carbons (Fsp3) is 0.381. The van der Waals surface area contributed by atoms with Gasteiger partial charge >= 0.3 is 0 Å². The van der Waals surface area contributed by atoms with Crippen molar-refractivity contribution in [3.8, 4) is 0 Å². The molecule has 154 valence electrons. The van der Waals surface area contributed by atoms with Crippen LogP contribution in [0.2, 0.25) is 5.02 Å². The summed E-state index contributed by atoms with van der Waals surface area (Å²) in [6.07, 6.45) is 2.29. The highest BCUT2D eigenvalue weighted by molar-refractivity contribution is 6.34. The van der Waals surface area contributed by atoms with Gasteiger partial charge in [0.2, 0.25) is 0 Å². The summed E-state index contributed by atoms with van der Waals surface area (Å²) in [4.78, 5) is 27.4. The normalized spacial score (nSPS) is 15.1. The number of hydrogen-bond donors (Lipinski definition) is 1. The van der Waals surface area contributed by atoms with E-state index in [1.54, 1.807) is 0 Å². The van der Waals surface area contributed by atoms with Gasteiger partial charge in [-0.25, -0.2) is 0 Å². The molecule has 1 amide bonds. The Kier molecular flexibility index (Phi) is 6.71. The van der Waals surface area contributed by atoms with E-state index in [2.05, 4.69) is 34.5 Å². The second kappa shape index (κ2) is 9.24. The quantitative estimate of drug-likeness (QED) is 0.547. The summed E-state index contributed by atoms with van der Waals surface area (Å²) in [7, 11) is 4.00. The number of hydrogen-bond acceptors (Lipinski definition) is 5. The zero-order valence-corrected chi connectivity index (χ0v) is 17.4.